The lowest BCUT2D eigenvalue weighted by molar-refractivity contribution is 0.100. The number of primary amides is 1. The summed E-state index contributed by atoms with van der Waals surface area (Å²) in [5, 5.41) is 3.21. The molecule has 0 atom stereocenters. The molecule has 0 unspecified atom stereocenters. The van der Waals surface area contributed by atoms with Gasteiger partial charge in [0.2, 0.25) is 0 Å². The Morgan fingerprint density at radius 2 is 2.20 bits per heavy atom. The summed E-state index contributed by atoms with van der Waals surface area (Å²) in [6, 6.07) is 2.31. The summed E-state index contributed by atoms with van der Waals surface area (Å²) in [6.07, 6.45) is 6.72. The maximum absolute atomic E-state index is 11.2. The molecule has 0 bridgehead atoms. The second kappa shape index (κ2) is 6.56. The molecular formula is C14H23N5O. The van der Waals surface area contributed by atoms with Crippen LogP contribution in [0.2, 0.25) is 0 Å². The molecule has 110 valence electrons. The molecule has 5 N–H and O–H groups in total. The van der Waals surface area contributed by atoms with Crippen molar-refractivity contribution < 1.29 is 4.79 Å². The summed E-state index contributed by atoms with van der Waals surface area (Å²) in [5.74, 6) is 0.101. The molecule has 0 spiro atoms. The van der Waals surface area contributed by atoms with Gasteiger partial charge in [-0.25, -0.2) is 4.98 Å². The third-order valence-electron chi connectivity index (χ3n) is 3.92. The van der Waals surface area contributed by atoms with Crippen LogP contribution < -0.4 is 16.8 Å². The highest BCUT2D eigenvalue weighted by atomic mass is 16.1. The molecule has 0 radical (unpaired) electrons. The first-order valence-electron chi connectivity index (χ1n) is 7.07. The average Bonchev–Trinajstić information content (AvgIpc) is 2.94. The number of nitrogens with one attached hydrogen (secondary N) is 1. The van der Waals surface area contributed by atoms with Gasteiger partial charge in [0.25, 0.3) is 5.91 Å². The first kappa shape index (κ1) is 14.6. The number of amides is 1. The second-order valence-corrected chi connectivity index (χ2v) is 5.37. The van der Waals surface area contributed by atoms with Crippen LogP contribution >= 0.6 is 0 Å². The molecule has 1 aliphatic carbocycles. The topological polar surface area (TPSA) is 97.3 Å². The van der Waals surface area contributed by atoms with E-state index in [-0.39, 0.29) is 0 Å². The minimum Gasteiger partial charge on any atom is -0.397 e. The number of nitrogens with zero attached hydrogens (tertiary/aromatic N) is 2. The predicted octanol–water partition coefficient (Wildman–Crippen LogP) is 1.05. The third kappa shape index (κ3) is 3.60. The highest BCUT2D eigenvalue weighted by Crippen LogP contribution is 2.22. The Hall–Kier alpha value is -1.82. The van der Waals surface area contributed by atoms with Crippen LogP contribution in [0.3, 0.4) is 0 Å². The second-order valence-electron chi connectivity index (χ2n) is 5.37. The van der Waals surface area contributed by atoms with Crippen LogP contribution in [0.4, 0.5) is 11.5 Å². The van der Waals surface area contributed by atoms with E-state index in [1.54, 1.807) is 6.07 Å². The Bertz CT molecular complexity index is 471. The van der Waals surface area contributed by atoms with Crippen LogP contribution in [0, 0.1) is 0 Å². The summed E-state index contributed by atoms with van der Waals surface area (Å²) in [7, 11) is 2.16. The Morgan fingerprint density at radius 3 is 2.85 bits per heavy atom. The van der Waals surface area contributed by atoms with E-state index in [4.69, 9.17) is 11.5 Å². The SMILES string of the molecule is CN(CCNc1cc(C(N)=O)c(N)cn1)C1CCCC1. The zero-order valence-corrected chi connectivity index (χ0v) is 11.9. The monoisotopic (exact) mass is 277 g/mol. The molecule has 6 nitrogen and oxygen atoms in total. The summed E-state index contributed by atoms with van der Waals surface area (Å²) >= 11 is 0. The molecule has 1 saturated carbocycles. The summed E-state index contributed by atoms with van der Waals surface area (Å²) in [6.45, 7) is 1.73. The summed E-state index contributed by atoms with van der Waals surface area (Å²) < 4.78 is 0. The van der Waals surface area contributed by atoms with Gasteiger partial charge in [-0.1, -0.05) is 12.8 Å². The lowest BCUT2D eigenvalue weighted by atomic mass is 10.2. The Labute approximate surface area is 119 Å². The van der Waals surface area contributed by atoms with Crippen LogP contribution in [0.1, 0.15) is 36.0 Å². The number of carbonyl (C=O) groups excluding carboxylic acids is 1. The third-order valence-corrected chi connectivity index (χ3v) is 3.92. The fraction of sp³-hybridized carbons (Fsp3) is 0.571. The van der Waals surface area contributed by atoms with Crippen molar-refractivity contribution in [3.63, 3.8) is 0 Å². The maximum atomic E-state index is 11.2. The van der Waals surface area contributed by atoms with E-state index in [1.807, 2.05) is 0 Å². The molecule has 1 heterocycles. The van der Waals surface area contributed by atoms with Crippen LogP contribution in [-0.2, 0) is 0 Å². The Kier molecular flexibility index (Phi) is 4.79. The van der Waals surface area contributed by atoms with Gasteiger partial charge in [-0.15, -0.1) is 0 Å². The predicted molar refractivity (Wildman–Crippen MR) is 80.5 cm³/mol. The molecule has 2 rings (SSSR count). The Morgan fingerprint density at radius 1 is 1.50 bits per heavy atom. The van der Waals surface area contributed by atoms with Crippen molar-refractivity contribution in [1.82, 2.24) is 9.88 Å². The molecule has 6 heteroatoms. The van der Waals surface area contributed by atoms with Crippen molar-refractivity contribution in [3.8, 4) is 0 Å². The number of hydrogen-bond acceptors (Lipinski definition) is 5. The normalized spacial score (nSPS) is 15.7. The highest BCUT2D eigenvalue weighted by Gasteiger charge is 2.18. The van der Waals surface area contributed by atoms with E-state index in [1.165, 1.54) is 31.9 Å². The zero-order chi connectivity index (χ0) is 14.5. The van der Waals surface area contributed by atoms with E-state index in [2.05, 4.69) is 22.2 Å². The molecule has 0 aliphatic heterocycles. The number of carbonyl (C=O) groups is 1. The largest absolute Gasteiger partial charge is 0.397 e. The number of nitrogens with two attached hydrogens (primary N) is 2. The Balaban J connectivity index is 1.84. The lowest BCUT2D eigenvalue weighted by Crippen LogP contribution is -2.33. The van der Waals surface area contributed by atoms with Gasteiger partial charge in [-0.05, 0) is 26.0 Å². The van der Waals surface area contributed by atoms with Gasteiger partial charge in [0.1, 0.15) is 5.82 Å². The molecule has 20 heavy (non-hydrogen) atoms. The molecule has 0 aromatic carbocycles. The number of aromatic nitrogens is 1. The fourth-order valence-corrected chi connectivity index (χ4v) is 2.66. The van der Waals surface area contributed by atoms with E-state index in [0.717, 1.165) is 13.1 Å². The van der Waals surface area contributed by atoms with Crippen molar-refractivity contribution >= 4 is 17.4 Å². The minimum atomic E-state index is -0.531. The van der Waals surface area contributed by atoms with Gasteiger partial charge in [0.15, 0.2) is 0 Å². The van der Waals surface area contributed by atoms with E-state index < -0.39 is 5.91 Å². The van der Waals surface area contributed by atoms with Gasteiger partial charge in [-0.3, -0.25) is 4.79 Å². The molecule has 1 fully saturated rings. The average molecular weight is 277 g/mol. The molecular weight excluding hydrogens is 254 g/mol. The van der Waals surface area contributed by atoms with Gasteiger partial charge >= 0.3 is 0 Å². The molecule has 1 aromatic rings. The molecule has 1 aromatic heterocycles. The maximum Gasteiger partial charge on any atom is 0.250 e. The van der Waals surface area contributed by atoms with Gasteiger partial charge in [-0.2, -0.15) is 0 Å². The number of rotatable bonds is 6. The van der Waals surface area contributed by atoms with Crippen molar-refractivity contribution in [2.75, 3.05) is 31.2 Å². The van der Waals surface area contributed by atoms with Gasteiger partial charge in [0.05, 0.1) is 17.4 Å². The van der Waals surface area contributed by atoms with E-state index in [9.17, 15) is 4.79 Å². The van der Waals surface area contributed by atoms with Crippen molar-refractivity contribution in [3.05, 3.63) is 17.8 Å². The van der Waals surface area contributed by atoms with Crippen LogP contribution in [0.15, 0.2) is 12.3 Å². The smallest absolute Gasteiger partial charge is 0.250 e. The number of likely N-dealkylation sites (N-methyl/N-ethyl adjacent to an activating group) is 1. The number of hydrogen-bond donors (Lipinski definition) is 3. The van der Waals surface area contributed by atoms with Crippen LogP contribution in [0.5, 0.6) is 0 Å². The number of anilines is 2. The number of pyridine rings is 1. The fourth-order valence-electron chi connectivity index (χ4n) is 2.66. The van der Waals surface area contributed by atoms with Crippen molar-refractivity contribution in [1.29, 1.82) is 0 Å². The molecule has 0 saturated heterocycles. The first-order chi connectivity index (χ1) is 9.58. The summed E-state index contributed by atoms with van der Waals surface area (Å²) in [4.78, 5) is 17.7. The molecule has 1 amide bonds. The van der Waals surface area contributed by atoms with Crippen molar-refractivity contribution in [2.45, 2.75) is 31.7 Å². The quantitative estimate of drug-likeness (QED) is 0.722. The standard InChI is InChI=1S/C14H23N5O/c1-19(10-4-2-3-5-10)7-6-17-13-8-11(14(16)20)12(15)9-18-13/h8-10H,2-7,15H2,1H3,(H2,16,20)(H,17,18). The molecule has 1 aliphatic rings. The van der Waals surface area contributed by atoms with E-state index in [0.29, 0.717) is 23.1 Å². The highest BCUT2D eigenvalue weighted by molar-refractivity contribution is 5.98. The van der Waals surface area contributed by atoms with Crippen LogP contribution in [-0.4, -0.2) is 42.0 Å². The van der Waals surface area contributed by atoms with E-state index >= 15 is 0 Å². The summed E-state index contributed by atoms with van der Waals surface area (Å²) in [5.41, 5.74) is 11.5. The first-order valence-corrected chi connectivity index (χ1v) is 7.07. The van der Waals surface area contributed by atoms with Crippen LogP contribution in [0.25, 0.3) is 0 Å². The minimum absolute atomic E-state index is 0.311. The lowest BCUT2D eigenvalue weighted by Gasteiger charge is -2.24. The zero-order valence-electron chi connectivity index (χ0n) is 11.9. The van der Waals surface area contributed by atoms with Gasteiger partial charge in [0, 0.05) is 19.1 Å². The van der Waals surface area contributed by atoms with Crippen molar-refractivity contribution in [2.24, 2.45) is 5.73 Å². The van der Waals surface area contributed by atoms with Gasteiger partial charge < -0.3 is 21.7 Å². The number of nitrogen functional groups attached to an aromatic ring is 1.